The highest BCUT2D eigenvalue weighted by Crippen LogP contribution is 2.36. The molecular weight excluding hydrogens is 244 g/mol. The highest BCUT2D eigenvalue weighted by atomic mass is 15.1. The van der Waals surface area contributed by atoms with Crippen LogP contribution in [0, 0.1) is 19.3 Å². The van der Waals surface area contributed by atoms with E-state index in [1.54, 1.807) is 0 Å². The van der Waals surface area contributed by atoms with Gasteiger partial charge in [-0.3, -0.25) is 5.41 Å². The molecular formula is C18H24N2. The van der Waals surface area contributed by atoms with Crippen LogP contribution in [-0.2, 0) is 0 Å². The van der Waals surface area contributed by atoms with Gasteiger partial charge in [0.2, 0.25) is 0 Å². The molecule has 2 aliphatic rings. The summed E-state index contributed by atoms with van der Waals surface area (Å²) in [4.78, 5) is 1.87. The predicted octanol–water partition coefficient (Wildman–Crippen LogP) is 4.42. The zero-order valence-electron chi connectivity index (χ0n) is 13.3. The van der Waals surface area contributed by atoms with E-state index in [1.807, 2.05) is 19.0 Å². The average Bonchev–Trinajstić information content (AvgIpc) is 2.58. The monoisotopic (exact) mass is 268 g/mol. The van der Waals surface area contributed by atoms with Crippen molar-refractivity contribution in [2.24, 2.45) is 0 Å². The van der Waals surface area contributed by atoms with Crippen molar-refractivity contribution in [2.75, 3.05) is 14.1 Å². The van der Waals surface area contributed by atoms with Gasteiger partial charge in [0.1, 0.15) is 5.84 Å². The normalized spacial score (nSPS) is 11.2. The van der Waals surface area contributed by atoms with Gasteiger partial charge in [-0.15, -0.1) is 0 Å². The van der Waals surface area contributed by atoms with Crippen LogP contribution in [0.2, 0.25) is 0 Å². The van der Waals surface area contributed by atoms with Gasteiger partial charge in [-0.1, -0.05) is 32.0 Å². The van der Waals surface area contributed by atoms with E-state index in [4.69, 9.17) is 5.41 Å². The van der Waals surface area contributed by atoms with Crippen LogP contribution in [0.15, 0.2) is 24.3 Å². The first kappa shape index (κ1) is 14.6. The molecule has 1 N–H and O–H groups in total. The molecule has 0 atom stereocenters. The summed E-state index contributed by atoms with van der Waals surface area (Å²) in [6.07, 6.45) is 0. The molecule has 2 rings (SSSR count). The molecule has 0 bridgehead atoms. The molecule has 0 amide bonds. The second-order valence-corrected chi connectivity index (χ2v) is 6.09. The molecule has 0 spiro atoms. The summed E-state index contributed by atoms with van der Waals surface area (Å²) >= 11 is 0. The first-order valence-electron chi connectivity index (χ1n) is 7.13. The van der Waals surface area contributed by atoms with Crippen molar-refractivity contribution in [3.8, 4) is 11.1 Å². The molecule has 0 aromatic carbocycles. The smallest absolute Gasteiger partial charge is 0.128 e. The van der Waals surface area contributed by atoms with Gasteiger partial charge in [-0.05, 0) is 53.6 Å². The van der Waals surface area contributed by atoms with E-state index in [1.165, 1.54) is 27.8 Å². The molecule has 106 valence electrons. The molecule has 2 aliphatic carbocycles. The fraction of sp³-hybridized carbons (Fsp3) is 0.389. The zero-order valence-corrected chi connectivity index (χ0v) is 13.3. The van der Waals surface area contributed by atoms with E-state index in [0.29, 0.717) is 11.8 Å². The van der Waals surface area contributed by atoms with Gasteiger partial charge in [0.05, 0.1) is 0 Å². The molecule has 0 fully saturated rings. The van der Waals surface area contributed by atoms with E-state index in [2.05, 4.69) is 52.0 Å². The maximum Gasteiger partial charge on any atom is 0.128 e. The van der Waals surface area contributed by atoms with Gasteiger partial charge in [-0.2, -0.15) is 0 Å². The summed E-state index contributed by atoms with van der Waals surface area (Å²) in [5, 5.41) is 8.30. The van der Waals surface area contributed by atoms with Gasteiger partial charge in [0.25, 0.3) is 0 Å². The SMILES string of the molecule is Cc1cc(C(=N)N(C)C)c2c(C)ccc(C(C)C)cc1-2. The Labute approximate surface area is 122 Å². The number of amidine groups is 1. The first-order chi connectivity index (χ1) is 9.32. The number of rotatable bonds is 2. The summed E-state index contributed by atoms with van der Waals surface area (Å²) in [6, 6.07) is 8.82. The van der Waals surface area contributed by atoms with E-state index in [9.17, 15) is 0 Å². The van der Waals surface area contributed by atoms with Crippen LogP contribution >= 0.6 is 0 Å². The third kappa shape index (κ3) is 2.43. The van der Waals surface area contributed by atoms with Crippen molar-refractivity contribution in [1.82, 2.24) is 4.90 Å². The topological polar surface area (TPSA) is 27.1 Å². The molecule has 0 aromatic rings. The Morgan fingerprint density at radius 2 is 1.70 bits per heavy atom. The number of hydrogen-bond donors (Lipinski definition) is 1. The molecule has 0 saturated carbocycles. The minimum atomic E-state index is 0.510. The maximum absolute atomic E-state index is 8.30. The largest absolute Gasteiger partial charge is 0.363 e. The van der Waals surface area contributed by atoms with Gasteiger partial charge in [0, 0.05) is 19.7 Å². The summed E-state index contributed by atoms with van der Waals surface area (Å²) in [6.45, 7) is 8.71. The lowest BCUT2D eigenvalue weighted by Crippen LogP contribution is -2.21. The van der Waals surface area contributed by atoms with E-state index in [-0.39, 0.29) is 0 Å². The Kier molecular flexibility index (Phi) is 3.85. The van der Waals surface area contributed by atoms with Crippen molar-refractivity contribution in [2.45, 2.75) is 33.6 Å². The van der Waals surface area contributed by atoms with E-state index in [0.717, 1.165) is 5.56 Å². The lowest BCUT2D eigenvalue weighted by molar-refractivity contribution is 0.619. The Balaban J connectivity index is 2.73. The molecule has 0 unspecified atom stereocenters. The maximum atomic E-state index is 8.30. The van der Waals surface area contributed by atoms with Gasteiger partial charge < -0.3 is 4.90 Å². The molecule has 20 heavy (non-hydrogen) atoms. The predicted molar refractivity (Wildman–Crippen MR) is 87.1 cm³/mol. The fourth-order valence-corrected chi connectivity index (χ4v) is 2.63. The number of fused-ring (bicyclic) bond motifs is 1. The zero-order chi connectivity index (χ0) is 15.0. The van der Waals surface area contributed by atoms with Crippen LogP contribution < -0.4 is 0 Å². The molecule has 0 radical (unpaired) electrons. The van der Waals surface area contributed by atoms with Crippen LogP contribution in [0.4, 0.5) is 0 Å². The van der Waals surface area contributed by atoms with Crippen LogP contribution in [0.3, 0.4) is 0 Å². The Morgan fingerprint density at radius 3 is 2.25 bits per heavy atom. The van der Waals surface area contributed by atoms with Crippen LogP contribution in [0.1, 0.15) is 42.0 Å². The highest BCUT2D eigenvalue weighted by molar-refractivity contribution is 6.05. The minimum absolute atomic E-state index is 0.510. The average molecular weight is 268 g/mol. The third-order valence-corrected chi connectivity index (χ3v) is 3.92. The quantitative estimate of drug-likeness (QED) is 0.633. The second-order valence-electron chi connectivity index (χ2n) is 6.09. The number of nitrogens with one attached hydrogen (secondary N) is 1. The first-order valence-corrected chi connectivity index (χ1v) is 7.13. The summed E-state index contributed by atoms with van der Waals surface area (Å²) in [5.41, 5.74) is 7.36. The second kappa shape index (κ2) is 5.28. The van der Waals surface area contributed by atoms with Crippen molar-refractivity contribution < 1.29 is 0 Å². The third-order valence-electron chi connectivity index (χ3n) is 3.92. The van der Waals surface area contributed by atoms with Crippen LogP contribution in [-0.4, -0.2) is 24.8 Å². The molecule has 2 heteroatoms. The Morgan fingerprint density at radius 1 is 1.05 bits per heavy atom. The summed E-state index contributed by atoms with van der Waals surface area (Å²) in [7, 11) is 3.85. The van der Waals surface area contributed by atoms with Crippen LogP contribution in [0.5, 0.6) is 0 Å². The van der Waals surface area contributed by atoms with Gasteiger partial charge in [-0.25, -0.2) is 0 Å². The Hall–Kier alpha value is -1.83. The van der Waals surface area contributed by atoms with Gasteiger partial charge in [0.15, 0.2) is 0 Å². The van der Waals surface area contributed by atoms with Crippen molar-refractivity contribution in [3.63, 3.8) is 0 Å². The number of hydrogen-bond acceptors (Lipinski definition) is 1. The Bertz CT molecular complexity index is 624. The van der Waals surface area contributed by atoms with Gasteiger partial charge >= 0.3 is 0 Å². The van der Waals surface area contributed by atoms with Crippen molar-refractivity contribution in [3.05, 3.63) is 46.5 Å². The highest BCUT2D eigenvalue weighted by Gasteiger charge is 2.19. The lowest BCUT2D eigenvalue weighted by Gasteiger charge is -2.14. The molecule has 2 nitrogen and oxygen atoms in total. The summed E-state index contributed by atoms with van der Waals surface area (Å²) in [5.74, 6) is 1.08. The fourth-order valence-electron chi connectivity index (χ4n) is 2.63. The van der Waals surface area contributed by atoms with E-state index >= 15 is 0 Å². The molecule has 0 aliphatic heterocycles. The van der Waals surface area contributed by atoms with Crippen LogP contribution in [0.25, 0.3) is 11.1 Å². The minimum Gasteiger partial charge on any atom is -0.363 e. The number of aryl methyl sites for hydroxylation is 2. The van der Waals surface area contributed by atoms with Crippen molar-refractivity contribution in [1.29, 1.82) is 5.41 Å². The van der Waals surface area contributed by atoms with Crippen molar-refractivity contribution >= 4 is 5.84 Å². The summed E-state index contributed by atoms with van der Waals surface area (Å²) < 4.78 is 0. The molecule has 0 aromatic heterocycles. The standard InChI is InChI=1S/C18H24N2/c1-11(2)14-8-7-12(3)17-15(10-14)13(4)9-16(17)18(19)20(5)6/h7-11,19H,1-6H3. The number of nitrogens with zero attached hydrogens (tertiary/aromatic N) is 1. The lowest BCUT2D eigenvalue weighted by atomic mass is 10.0. The molecule has 0 saturated heterocycles. The molecule has 0 heterocycles. The van der Waals surface area contributed by atoms with E-state index < -0.39 is 0 Å².